The third kappa shape index (κ3) is 1.31. The zero-order chi connectivity index (χ0) is 10.1. The van der Waals surface area contributed by atoms with Crippen LogP contribution < -0.4 is 5.32 Å². The quantitative estimate of drug-likeness (QED) is 0.717. The number of phenolic OH excluding ortho intramolecular Hbond substituents is 1. The molecule has 0 spiro atoms. The van der Waals surface area contributed by atoms with Gasteiger partial charge in [-0.3, -0.25) is 4.79 Å². The van der Waals surface area contributed by atoms with Crippen molar-refractivity contribution < 1.29 is 14.3 Å². The highest BCUT2D eigenvalue weighted by atomic mass is 16.3. The molecule has 0 unspecified atom stereocenters. The van der Waals surface area contributed by atoms with Crippen molar-refractivity contribution >= 4 is 16.9 Å². The summed E-state index contributed by atoms with van der Waals surface area (Å²) >= 11 is 0. The van der Waals surface area contributed by atoms with E-state index < -0.39 is 0 Å². The van der Waals surface area contributed by atoms with Gasteiger partial charge in [0.05, 0.1) is 0 Å². The van der Waals surface area contributed by atoms with Crippen molar-refractivity contribution in [1.82, 2.24) is 5.32 Å². The molecule has 0 saturated carbocycles. The van der Waals surface area contributed by atoms with E-state index in [0.717, 1.165) is 0 Å². The van der Waals surface area contributed by atoms with Crippen LogP contribution in [-0.4, -0.2) is 18.1 Å². The number of rotatable bonds is 1. The van der Waals surface area contributed by atoms with Gasteiger partial charge in [-0.25, -0.2) is 0 Å². The van der Waals surface area contributed by atoms with E-state index >= 15 is 0 Å². The molecule has 4 nitrogen and oxygen atoms in total. The third-order valence-electron chi connectivity index (χ3n) is 1.95. The van der Waals surface area contributed by atoms with Crippen molar-refractivity contribution in [2.75, 3.05) is 7.05 Å². The summed E-state index contributed by atoms with van der Waals surface area (Å²) in [6, 6.07) is 6.27. The van der Waals surface area contributed by atoms with E-state index in [9.17, 15) is 9.90 Å². The third-order valence-corrected chi connectivity index (χ3v) is 1.95. The molecule has 0 atom stereocenters. The molecule has 4 heteroatoms. The molecule has 2 aromatic rings. The molecule has 1 aromatic carbocycles. The van der Waals surface area contributed by atoms with Gasteiger partial charge in [-0.1, -0.05) is 0 Å². The summed E-state index contributed by atoms with van der Waals surface area (Å²) in [5.74, 6) is 0.121. The summed E-state index contributed by atoms with van der Waals surface area (Å²) in [4.78, 5) is 11.2. The van der Waals surface area contributed by atoms with E-state index in [0.29, 0.717) is 11.0 Å². The van der Waals surface area contributed by atoms with Crippen LogP contribution in [0.4, 0.5) is 0 Å². The number of furan rings is 1. The predicted molar refractivity (Wildman–Crippen MR) is 51.3 cm³/mol. The monoisotopic (exact) mass is 191 g/mol. The number of amides is 1. The number of carbonyl (C=O) groups excluding carboxylic acids is 1. The van der Waals surface area contributed by atoms with Crippen molar-refractivity contribution in [3.8, 4) is 5.75 Å². The van der Waals surface area contributed by atoms with Crippen molar-refractivity contribution in [2.45, 2.75) is 0 Å². The molecular formula is C10H9NO3. The molecule has 1 heterocycles. The minimum Gasteiger partial charge on any atom is -0.508 e. The van der Waals surface area contributed by atoms with Crippen LogP contribution in [0.1, 0.15) is 10.6 Å². The number of hydrogen-bond acceptors (Lipinski definition) is 3. The second kappa shape index (κ2) is 3.06. The first kappa shape index (κ1) is 8.62. The van der Waals surface area contributed by atoms with Crippen molar-refractivity contribution in [3.63, 3.8) is 0 Å². The van der Waals surface area contributed by atoms with Gasteiger partial charge in [0, 0.05) is 12.4 Å². The number of fused-ring (bicyclic) bond motifs is 1. The Balaban J connectivity index is 2.56. The summed E-state index contributed by atoms with van der Waals surface area (Å²) in [5.41, 5.74) is 0.585. The van der Waals surface area contributed by atoms with Crippen molar-refractivity contribution in [1.29, 1.82) is 0 Å². The molecule has 0 bridgehead atoms. The first-order valence-corrected chi connectivity index (χ1v) is 4.15. The Bertz CT molecular complexity index is 487. The van der Waals surface area contributed by atoms with Crippen LogP contribution in [0.2, 0.25) is 0 Å². The standard InChI is InChI=1S/C10H9NO3/c1-11-10(13)9-5-6-4-7(12)2-3-8(6)14-9/h2-5,12H,1H3,(H,11,13). The molecule has 0 aliphatic heterocycles. The molecule has 1 aromatic heterocycles. The molecular weight excluding hydrogens is 182 g/mol. The first-order valence-electron chi connectivity index (χ1n) is 4.15. The van der Waals surface area contributed by atoms with Gasteiger partial charge in [-0.2, -0.15) is 0 Å². The number of hydrogen-bond donors (Lipinski definition) is 2. The molecule has 0 radical (unpaired) electrons. The number of phenols is 1. The molecule has 0 fully saturated rings. The Morgan fingerprint density at radius 2 is 2.21 bits per heavy atom. The molecule has 0 saturated heterocycles. The molecule has 2 N–H and O–H groups in total. The summed E-state index contributed by atoms with van der Waals surface area (Å²) in [7, 11) is 1.53. The van der Waals surface area contributed by atoms with Crippen LogP contribution in [0, 0.1) is 0 Å². The van der Waals surface area contributed by atoms with Crippen LogP contribution in [0.15, 0.2) is 28.7 Å². The van der Waals surface area contributed by atoms with Crippen LogP contribution in [0.5, 0.6) is 5.75 Å². The van der Waals surface area contributed by atoms with Gasteiger partial charge < -0.3 is 14.8 Å². The smallest absolute Gasteiger partial charge is 0.286 e. The van der Waals surface area contributed by atoms with E-state index in [-0.39, 0.29) is 17.4 Å². The Labute approximate surface area is 80.1 Å². The summed E-state index contributed by atoms with van der Waals surface area (Å²) in [5, 5.41) is 12.4. The fraction of sp³-hybridized carbons (Fsp3) is 0.100. The molecule has 1 amide bonds. The van der Waals surface area contributed by atoms with E-state index in [4.69, 9.17) is 4.42 Å². The predicted octanol–water partition coefficient (Wildman–Crippen LogP) is 1.50. The van der Waals surface area contributed by atoms with Gasteiger partial charge in [0.1, 0.15) is 11.3 Å². The summed E-state index contributed by atoms with van der Waals surface area (Å²) in [6.45, 7) is 0. The molecule has 14 heavy (non-hydrogen) atoms. The highest BCUT2D eigenvalue weighted by Gasteiger charge is 2.10. The maximum Gasteiger partial charge on any atom is 0.286 e. The average molecular weight is 191 g/mol. The average Bonchev–Trinajstić information content (AvgIpc) is 2.59. The van der Waals surface area contributed by atoms with Gasteiger partial charge >= 0.3 is 0 Å². The number of benzene rings is 1. The Morgan fingerprint density at radius 1 is 1.43 bits per heavy atom. The van der Waals surface area contributed by atoms with Crippen molar-refractivity contribution in [2.24, 2.45) is 0 Å². The van der Waals surface area contributed by atoms with Crippen LogP contribution >= 0.6 is 0 Å². The van der Waals surface area contributed by atoms with Gasteiger partial charge in [0.25, 0.3) is 5.91 Å². The fourth-order valence-electron chi connectivity index (χ4n) is 1.27. The zero-order valence-electron chi connectivity index (χ0n) is 7.57. The van der Waals surface area contributed by atoms with Crippen LogP contribution in [0.3, 0.4) is 0 Å². The van der Waals surface area contributed by atoms with Gasteiger partial charge in [-0.15, -0.1) is 0 Å². The summed E-state index contributed by atoms with van der Waals surface area (Å²) in [6.07, 6.45) is 0. The number of aromatic hydroxyl groups is 1. The van der Waals surface area contributed by atoms with Gasteiger partial charge in [0.2, 0.25) is 0 Å². The van der Waals surface area contributed by atoms with Crippen molar-refractivity contribution in [3.05, 3.63) is 30.0 Å². The lowest BCUT2D eigenvalue weighted by molar-refractivity contribution is 0.0938. The van der Waals surface area contributed by atoms with Crippen LogP contribution in [0.25, 0.3) is 11.0 Å². The Hall–Kier alpha value is -1.97. The SMILES string of the molecule is CNC(=O)c1cc2cc(O)ccc2o1. The maximum absolute atomic E-state index is 11.2. The number of nitrogens with one attached hydrogen (secondary N) is 1. The topological polar surface area (TPSA) is 62.5 Å². The first-order chi connectivity index (χ1) is 6.70. The lowest BCUT2D eigenvalue weighted by Crippen LogP contribution is -2.16. The minimum atomic E-state index is -0.277. The molecule has 2 rings (SSSR count). The lowest BCUT2D eigenvalue weighted by atomic mass is 10.2. The Kier molecular flexibility index (Phi) is 1.89. The highest BCUT2D eigenvalue weighted by molar-refractivity contribution is 5.96. The molecule has 0 aliphatic carbocycles. The largest absolute Gasteiger partial charge is 0.508 e. The van der Waals surface area contributed by atoms with Gasteiger partial charge in [-0.05, 0) is 24.3 Å². The van der Waals surface area contributed by atoms with E-state index in [1.807, 2.05) is 0 Å². The Morgan fingerprint density at radius 3 is 2.93 bits per heavy atom. The summed E-state index contributed by atoms with van der Waals surface area (Å²) < 4.78 is 5.25. The lowest BCUT2D eigenvalue weighted by Gasteiger charge is -1.91. The second-order valence-electron chi connectivity index (χ2n) is 2.91. The second-order valence-corrected chi connectivity index (χ2v) is 2.91. The maximum atomic E-state index is 11.2. The molecule has 0 aliphatic rings. The minimum absolute atomic E-state index is 0.154. The van der Waals surface area contributed by atoms with Crippen LogP contribution in [-0.2, 0) is 0 Å². The highest BCUT2D eigenvalue weighted by Crippen LogP contribution is 2.23. The zero-order valence-corrected chi connectivity index (χ0v) is 7.57. The fourth-order valence-corrected chi connectivity index (χ4v) is 1.27. The van der Waals surface area contributed by atoms with E-state index in [1.54, 1.807) is 18.2 Å². The van der Waals surface area contributed by atoms with E-state index in [2.05, 4.69) is 5.32 Å². The normalized spacial score (nSPS) is 10.4. The van der Waals surface area contributed by atoms with E-state index in [1.165, 1.54) is 13.1 Å². The molecule has 72 valence electrons. The number of carbonyl (C=O) groups is 1. The van der Waals surface area contributed by atoms with Gasteiger partial charge in [0.15, 0.2) is 5.76 Å².